The van der Waals surface area contributed by atoms with Gasteiger partial charge in [-0.1, -0.05) is 9.24 Å². The average Bonchev–Trinajstić information content (AvgIpc) is 1.85. The van der Waals surface area contributed by atoms with Crippen molar-refractivity contribution in [3.05, 3.63) is 34.1 Å². The van der Waals surface area contributed by atoms with E-state index in [4.69, 9.17) is 0 Å². The molecule has 0 fully saturated rings. The fraction of sp³-hybridized carbons (Fsp3) is 0. The van der Waals surface area contributed by atoms with Crippen molar-refractivity contribution in [3.8, 4) is 0 Å². The second kappa shape index (κ2) is 2.93. The topological polar surface area (TPSA) is 43.1 Å². The molecule has 0 N–H and O–H groups in total. The summed E-state index contributed by atoms with van der Waals surface area (Å²) in [4.78, 5) is 9.65. The van der Waals surface area contributed by atoms with Gasteiger partial charge in [-0.05, 0) is 12.1 Å². The summed E-state index contributed by atoms with van der Waals surface area (Å²) in [6, 6.07) is 3.30. The standard InChI is InChI=1S/C6H5FNO2P/c7-4-1-2-5(8(9)10)6(11)3-4/h1-3H,11H2. The zero-order valence-corrected chi connectivity index (χ0v) is 6.61. The van der Waals surface area contributed by atoms with E-state index in [1.165, 1.54) is 0 Å². The van der Waals surface area contributed by atoms with Crippen LogP contribution in [0.1, 0.15) is 0 Å². The van der Waals surface area contributed by atoms with E-state index in [1.807, 2.05) is 0 Å². The Morgan fingerprint density at radius 1 is 1.55 bits per heavy atom. The van der Waals surface area contributed by atoms with Crippen molar-refractivity contribution in [2.75, 3.05) is 0 Å². The summed E-state index contributed by atoms with van der Waals surface area (Å²) in [5, 5.41) is 10.5. The quantitative estimate of drug-likeness (QED) is 0.364. The van der Waals surface area contributed by atoms with E-state index in [0.29, 0.717) is 0 Å². The lowest BCUT2D eigenvalue weighted by molar-refractivity contribution is -0.383. The molecule has 1 aromatic rings. The summed E-state index contributed by atoms with van der Waals surface area (Å²) in [6.07, 6.45) is 0. The molecule has 3 nitrogen and oxygen atoms in total. The molecule has 11 heavy (non-hydrogen) atoms. The molecule has 58 valence electrons. The molecule has 0 saturated carbocycles. The number of hydrogen-bond acceptors (Lipinski definition) is 2. The first-order valence-corrected chi connectivity index (χ1v) is 3.38. The van der Waals surface area contributed by atoms with Crippen LogP contribution >= 0.6 is 9.24 Å². The normalized spacial score (nSPS) is 9.64. The fourth-order valence-electron chi connectivity index (χ4n) is 0.692. The van der Waals surface area contributed by atoms with E-state index in [9.17, 15) is 14.5 Å². The minimum atomic E-state index is -0.554. The van der Waals surface area contributed by atoms with Crippen molar-refractivity contribution < 1.29 is 9.31 Å². The third-order valence-electron chi connectivity index (χ3n) is 1.19. The maximum atomic E-state index is 12.4. The average molecular weight is 173 g/mol. The monoisotopic (exact) mass is 173 g/mol. The molecular weight excluding hydrogens is 168 g/mol. The highest BCUT2D eigenvalue weighted by Crippen LogP contribution is 2.11. The summed E-state index contributed by atoms with van der Waals surface area (Å²) in [6.45, 7) is 0. The molecule has 0 bridgehead atoms. The predicted octanol–water partition coefficient (Wildman–Crippen LogP) is 1.23. The molecular formula is C6H5FNO2P. The third-order valence-corrected chi connectivity index (χ3v) is 1.65. The molecule has 0 aliphatic rings. The number of nitro groups is 1. The van der Waals surface area contributed by atoms with Gasteiger partial charge in [0.2, 0.25) is 0 Å². The molecule has 0 aromatic heterocycles. The van der Waals surface area contributed by atoms with E-state index >= 15 is 0 Å². The second-order valence-corrected chi connectivity index (χ2v) is 2.58. The molecule has 1 atom stereocenters. The molecule has 1 aromatic carbocycles. The van der Waals surface area contributed by atoms with Gasteiger partial charge in [0.15, 0.2) is 0 Å². The number of rotatable bonds is 1. The minimum Gasteiger partial charge on any atom is -0.258 e. The summed E-state index contributed by atoms with van der Waals surface area (Å²) in [7, 11) is 2.11. The lowest BCUT2D eigenvalue weighted by atomic mass is 10.3. The molecule has 5 heteroatoms. The first-order valence-electron chi connectivity index (χ1n) is 2.80. The molecule has 0 amide bonds. The molecule has 1 rings (SSSR count). The van der Waals surface area contributed by atoms with Crippen LogP contribution < -0.4 is 5.30 Å². The van der Waals surface area contributed by atoms with Gasteiger partial charge in [0.05, 0.1) is 4.92 Å². The number of halogens is 1. The number of nitrogens with zero attached hydrogens (tertiary/aromatic N) is 1. The van der Waals surface area contributed by atoms with E-state index < -0.39 is 10.7 Å². The smallest absolute Gasteiger partial charge is 0.258 e. The van der Waals surface area contributed by atoms with Gasteiger partial charge in [0, 0.05) is 11.4 Å². The predicted molar refractivity (Wildman–Crippen MR) is 42.4 cm³/mol. The van der Waals surface area contributed by atoms with E-state index in [-0.39, 0.29) is 11.0 Å². The highest BCUT2D eigenvalue weighted by atomic mass is 31.0. The zero-order valence-electron chi connectivity index (χ0n) is 5.45. The number of nitro benzene ring substituents is 1. The van der Waals surface area contributed by atoms with Crippen LogP contribution in [0.3, 0.4) is 0 Å². The van der Waals surface area contributed by atoms with E-state index in [0.717, 1.165) is 18.2 Å². The van der Waals surface area contributed by atoms with Crippen molar-refractivity contribution in [3.63, 3.8) is 0 Å². The van der Waals surface area contributed by atoms with Gasteiger partial charge in [0.1, 0.15) is 5.82 Å². The van der Waals surface area contributed by atoms with Gasteiger partial charge in [-0.15, -0.1) is 0 Å². The van der Waals surface area contributed by atoms with Crippen LogP contribution in [-0.2, 0) is 0 Å². The molecule has 0 saturated heterocycles. The second-order valence-electron chi connectivity index (χ2n) is 1.96. The largest absolute Gasteiger partial charge is 0.276 e. The first-order chi connectivity index (χ1) is 5.11. The van der Waals surface area contributed by atoms with Gasteiger partial charge < -0.3 is 0 Å². The Bertz CT molecular complexity index is 303. The third kappa shape index (κ3) is 1.71. The zero-order chi connectivity index (χ0) is 8.43. The maximum absolute atomic E-state index is 12.4. The van der Waals surface area contributed by atoms with E-state index in [1.54, 1.807) is 0 Å². The van der Waals surface area contributed by atoms with Crippen molar-refractivity contribution in [2.45, 2.75) is 0 Å². The highest BCUT2D eigenvalue weighted by Gasteiger charge is 2.09. The van der Waals surface area contributed by atoms with Crippen LogP contribution in [0.5, 0.6) is 0 Å². The molecule has 0 radical (unpaired) electrons. The Balaban J connectivity index is 3.20. The van der Waals surface area contributed by atoms with Crippen molar-refractivity contribution >= 4 is 20.2 Å². The Kier molecular flexibility index (Phi) is 2.15. The number of benzene rings is 1. The van der Waals surface area contributed by atoms with Crippen molar-refractivity contribution in [2.24, 2.45) is 0 Å². The van der Waals surface area contributed by atoms with Crippen molar-refractivity contribution in [1.82, 2.24) is 0 Å². The maximum Gasteiger partial charge on any atom is 0.276 e. The first kappa shape index (κ1) is 8.08. The SMILES string of the molecule is O=[N+]([O-])c1ccc(F)cc1P. The molecule has 1 unspecified atom stereocenters. The lowest BCUT2D eigenvalue weighted by Crippen LogP contribution is -2.01. The summed E-state index contributed by atoms with van der Waals surface area (Å²) >= 11 is 0. The number of hydrogen-bond donors (Lipinski definition) is 0. The van der Waals surface area contributed by atoms with E-state index in [2.05, 4.69) is 9.24 Å². The summed E-state index contributed by atoms with van der Waals surface area (Å²) < 4.78 is 12.4. The van der Waals surface area contributed by atoms with Crippen LogP contribution in [0.2, 0.25) is 0 Å². The molecule has 0 aliphatic carbocycles. The van der Waals surface area contributed by atoms with Gasteiger partial charge >= 0.3 is 0 Å². The van der Waals surface area contributed by atoms with Crippen LogP contribution in [0, 0.1) is 15.9 Å². The van der Waals surface area contributed by atoms with Gasteiger partial charge in [-0.25, -0.2) is 4.39 Å². The fourth-order valence-corrected chi connectivity index (χ4v) is 1.05. The Labute approximate surface area is 64.6 Å². The molecule has 0 spiro atoms. The van der Waals surface area contributed by atoms with Gasteiger partial charge in [-0.3, -0.25) is 10.1 Å². The minimum absolute atomic E-state index is 0.0867. The Hall–Kier alpha value is -1.02. The van der Waals surface area contributed by atoms with Crippen LogP contribution in [0.15, 0.2) is 18.2 Å². The van der Waals surface area contributed by atoms with Gasteiger partial charge in [-0.2, -0.15) is 0 Å². The van der Waals surface area contributed by atoms with Crippen LogP contribution in [-0.4, -0.2) is 4.92 Å². The van der Waals surface area contributed by atoms with Crippen molar-refractivity contribution in [1.29, 1.82) is 0 Å². The Morgan fingerprint density at radius 2 is 2.18 bits per heavy atom. The van der Waals surface area contributed by atoms with Crippen LogP contribution in [0.4, 0.5) is 10.1 Å². The summed E-state index contributed by atoms with van der Waals surface area (Å²) in [5.74, 6) is -0.472. The lowest BCUT2D eigenvalue weighted by Gasteiger charge is -1.94. The summed E-state index contributed by atoms with van der Waals surface area (Å²) in [5.41, 5.74) is -0.0867. The molecule has 0 heterocycles. The Morgan fingerprint density at radius 3 is 2.64 bits per heavy atom. The molecule has 0 aliphatic heterocycles. The highest BCUT2D eigenvalue weighted by molar-refractivity contribution is 7.27. The van der Waals surface area contributed by atoms with Gasteiger partial charge in [0.25, 0.3) is 5.69 Å². The van der Waals surface area contributed by atoms with Crippen LogP contribution in [0.25, 0.3) is 0 Å².